The third-order valence-corrected chi connectivity index (χ3v) is 1.81. The van der Waals surface area contributed by atoms with E-state index in [1.165, 1.54) is 0 Å². The van der Waals surface area contributed by atoms with Crippen LogP contribution in [0.15, 0.2) is 0 Å². The Balaban J connectivity index is 2.03. The van der Waals surface area contributed by atoms with Crippen LogP contribution in [0, 0.1) is 11.8 Å². The minimum Gasteiger partial charge on any atom is -0.396 e. The van der Waals surface area contributed by atoms with E-state index in [2.05, 4.69) is 0 Å². The summed E-state index contributed by atoms with van der Waals surface area (Å²) in [5.41, 5.74) is 0. The molecule has 1 N–H and O–H groups in total. The molecule has 1 aliphatic rings. The zero-order valence-electron chi connectivity index (χ0n) is 4.81. The van der Waals surface area contributed by atoms with Crippen molar-refractivity contribution in [2.75, 3.05) is 13.3 Å². The van der Waals surface area contributed by atoms with Crippen molar-refractivity contribution in [2.45, 2.75) is 12.8 Å². The molecule has 0 aromatic carbocycles. The summed E-state index contributed by atoms with van der Waals surface area (Å²) in [6.07, 6.45) is 1.79. The molecule has 0 radical (unpaired) electrons. The molecule has 0 aromatic heterocycles. The van der Waals surface area contributed by atoms with E-state index in [4.69, 9.17) is 5.11 Å². The maximum atomic E-state index is 11.7. The van der Waals surface area contributed by atoms with E-state index in [9.17, 15) is 4.39 Å². The fourth-order valence-corrected chi connectivity index (χ4v) is 1.15. The zero-order valence-corrected chi connectivity index (χ0v) is 4.81. The molecule has 48 valence electrons. The van der Waals surface area contributed by atoms with Crippen LogP contribution < -0.4 is 0 Å². The molecule has 0 amide bonds. The van der Waals surface area contributed by atoms with Gasteiger partial charge in [-0.3, -0.25) is 4.39 Å². The fraction of sp³-hybridized carbons (Fsp3) is 1.00. The molecule has 2 heteroatoms. The highest BCUT2D eigenvalue weighted by Gasteiger charge is 2.27. The molecule has 0 unspecified atom stereocenters. The Morgan fingerprint density at radius 2 is 2.00 bits per heavy atom. The molecule has 0 aliphatic heterocycles. The van der Waals surface area contributed by atoms with E-state index in [0.717, 1.165) is 12.8 Å². The van der Waals surface area contributed by atoms with Crippen molar-refractivity contribution in [3.63, 3.8) is 0 Å². The largest absolute Gasteiger partial charge is 0.396 e. The molecule has 1 saturated carbocycles. The first-order valence-corrected chi connectivity index (χ1v) is 3.03. The van der Waals surface area contributed by atoms with Gasteiger partial charge in [-0.1, -0.05) is 0 Å². The molecule has 1 aliphatic carbocycles. The minimum absolute atomic E-state index is 0.198. The van der Waals surface area contributed by atoms with Gasteiger partial charge < -0.3 is 5.11 Å². The first kappa shape index (κ1) is 6.02. The van der Waals surface area contributed by atoms with Crippen LogP contribution in [0.25, 0.3) is 0 Å². The highest BCUT2D eigenvalue weighted by atomic mass is 19.1. The summed E-state index contributed by atoms with van der Waals surface area (Å²) in [6, 6.07) is 0. The predicted octanol–water partition coefficient (Wildman–Crippen LogP) is 0.974. The summed E-state index contributed by atoms with van der Waals surface area (Å²) in [5.74, 6) is 0.683. The Morgan fingerprint density at radius 1 is 1.38 bits per heavy atom. The highest BCUT2D eigenvalue weighted by Crippen LogP contribution is 2.32. The second-order valence-electron chi connectivity index (χ2n) is 2.54. The molecule has 0 spiro atoms. The fourth-order valence-electron chi connectivity index (χ4n) is 1.15. The molecule has 0 heterocycles. The Morgan fingerprint density at radius 3 is 2.38 bits per heavy atom. The van der Waals surface area contributed by atoms with Crippen molar-refractivity contribution in [1.82, 2.24) is 0 Å². The van der Waals surface area contributed by atoms with E-state index >= 15 is 0 Å². The average Bonchev–Trinajstić information content (AvgIpc) is 1.65. The SMILES string of the molecule is OCC1CC(CF)C1. The maximum Gasteiger partial charge on any atom is 0.0922 e. The summed E-state index contributed by atoms with van der Waals surface area (Å²) < 4.78 is 11.7. The topological polar surface area (TPSA) is 20.2 Å². The standard InChI is InChI=1S/C6H11FO/c7-3-5-1-6(2-5)4-8/h5-6,8H,1-4H2. The average molecular weight is 118 g/mol. The summed E-state index contributed by atoms with van der Waals surface area (Å²) >= 11 is 0. The number of alkyl halides is 1. The number of halogens is 1. The van der Waals surface area contributed by atoms with Gasteiger partial charge in [0.25, 0.3) is 0 Å². The van der Waals surface area contributed by atoms with Crippen molar-refractivity contribution in [1.29, 1.82) is 0 Å². The second-order valence-corrected chi connectivity index (χ2v) is 2.54. The van der Waals surface area contributed by atoms with Gasteiger partial charge in [0.2, 0.25) is 0 Å². The molecule has 0 saturated heterocycles. The normalized spacial score (nSPS) is 36.8. The van der Waals surface area contributed by atoms with E-state index in [-0.39, 0.29) is 19.2 Å². The molecule has 0 atom stereocenters. The lowest BCUT2D eigenvalue weighted by molar-refractivity contribution is 0.0906. The quantitative estimate of drug-likeness (QED) is 0.573. The van der Waals surface area contributed by atoms with Crippen LogP contribution >= 0.6 is 0 Å². The van der Waals surface area contributed by atoms with Gasteiger partial charge in [-0.25, -0.2) is 0 Å². The second kappa shape index (κ2) is 2.44. The molecule has 0 bridgehead atoms. The van der Waals surface area contributed by atoms with Gasteiger partial charge in [-0.2, -0.15) is 0 Å². The van der Waals surface area contributed by atoms with Crippen LogP contribution in [0.5, 0.6) is 0 Å². The lowest BCUT2D eigenvalue weighted by Gasteiger charge is -2.31. The van der Waals surface area contributed by atoms with Crippen molar-refractivity contribution in [3.8, 4) is 0 Å². The first-order valence-electron chi connectivity index (χ1n) is 3.03. The van der Waals surface area contributed by atoms with Crippen molar-refractivity contribution in [2.24, 2.45) is 11.8 Å². The maximum absolute atomic E-state index is 11.7. The van der Waals surface area contributed by atoms with Crippen LogP contribution in [0.3, 0.4) is 0 Å². The Bertz CT molecular complexity index is 60.9. The lowest BCUT2D eigenvalue weighted by atomic mass is 9.76. The van der Waals surface area contributed by atoms with Crippen LogP contribution in [-0.2, 0) is 0 Å². The molecular formula is C6H11FO. The van der Waals surface area contributed by atoms with Crippen molar-refractivity contribution >= 4 is 0 Å². The predicted molar refractivity (Wildman–Crippen MR) is 29.3 cm³/mol. The Kier molecular flexibility index (Phi) is 1.84. The van der Waals surface area contributed by atoms with Crippen LogP contribution in [0.1, 0.15) is 12.8 Å². The lowest BCUT2D eigenvalue weighted by Crippen LogP contribution is -2.27. The van der Waals surface area contributed by atoms with Gasteiger partial charge in [0.05, 0.1) is 6.67 Å². The number of hydrogen-bond donors (Lipinski definition) is 1. The van der Waals surface area contributed by atoms with Crippen molar-refractivity contribution < 1.29 is 9.50 Å². The number of aliphatic hydroxyl groups is 1. The van der Waals surface area contributed by atoms with Gasteiger partial charge >= 0.3 is 0 Å². The summed E-state index contributed by atoms with van der Waals surface area (Å²) in [7, 11) is 0. The molecular weight excluding hydrogens is 107 g/mol. The van der Waals surface area contributed by atoms with Gasteiger partial charge in [0.15, 0.2) is 0 Å². The van der Waals surface area contributed by atoms with Gasteiger partial charge in [-0.15, -0.1) is 0 Å². The highest BCUT2D eigenvalue weighted by molar-refractivity contribution is 4.77. The molecule has 0 aromatic rings. The van der Waals surface area contributed by atoms with E-state index in [1.54, 1.807) is 0 Å². The number of aliphatic hydroxyl groups excluding tert-OH is 1. The minimum atomic E-state index is -0.198. The van der Waals surface area contributed by atoms with Crippen molar-refractivity contribution in [3.05, 3.63) is 0 Å². The summed E-state index contributed by atoms with van der Waals surface area (Å²) in [4.78, 5) is 0. The van der Waals surface area contributed by atoms with E-state index < -0.39 is 0 Å². The van der Waals surface area contributed by atoms with E-state index in [1.807, 2.05) is 0 Å². The first-order chi connectivity index (χ1) is 3.86. The summed E-state index contributed by atoms with van der Waals surface area (Å²) in [6.45, 7) is 0.0486. The molecule has 1 nitrogen and oxygen atoms in total. The van der Waals surface area contributed by atoms with Gasteiger partial charge in [0, 0.05) is 6.61 Å². The monoisotopic (exact) mass is 118 g/mol. The van der Waals surface area contributed by atoms with Gasteiger partial charge in [-0.05, 0) is 24.7 Å². The zero-order chi connectivity index (χ0) is 5.98. The van der Waals surface area contributed by atoms with Crippen LogP contribution in [0.2, 0.25) is 0 Å². The Hall–Kier alpha value is -0.110. The third kappa shape index (κ3) is 0.996. The Labute approximate surface area is 48.5 Å². The molecule has 8 heavy (non-hydrogen) atoms. The smallest absolute Gasteiger partial charge is 0.0922 e. The van der Waals surface area contributed by atoms with Crippen LogP contribution in [0.4, 0.5) is 4.39 Å². The number of rotatable bonds is 2. The van der Waals surface area contributed by atoms with E-state index in [0.29, 0.717) is 5.92 Å². The van der Waals surface area contributed by atoms with Gasteiger partial charge in [0.1, 0.15) is 0 Å². The molecule has 1 rings (SSSR count). The summed E-state index contributed by atoms with van der Waals surface area (Å²) in [5, 5.41) is 8.48. The number of hydrogen-bond acceptors (Lipinski definition) is 1. The molecule has 1 fully saturated rings. The van der Waals surface area contributed by atoms with Crippen LogP contribution in [-0.4, -0.2) is 18.4 Å². The third-order valence-electron chi connectivity index (χ3n) is 1.81.